The third-order valence-electron chi connectivity index (χ3n) is 1.10. The molecule has 0 amide bonds. The Hall–Kier alpha value is -0.740. The molecular weight excluding hydrogens is 128 g/mol. The highest BCUT2D eigenvalue weighted by Crippen LogP contribution is 2.09. The van der Waals surface area contributed by atoms with E-state index in [1.54, 1.807) is 11.3 Å². The highest BCUT2D eigenvalue weighted by molar-refractivity contribution is 7.09. The van der Waals surface area contributed by atoms with Crippen molar-refractivity contribution < 1.29 is 0 Å². The van der Waals surface area contributed by atoms with Crippen LogP contribution in [0.15, 0.2) is 17.5 Å². The van der Waals surface area contributed by atoms with Crippen LogP contribution in [0.25, 0.3) is 0 Å². The van der Waals surface area contributed by atoms with E-state index in [1.807, 2.05) is 0 Å². The topological polar surface area (TPSA) is 0 Å². The van der Waals surface area contributed by atoms with Gasteiger partial charge in [0.25, 0.3) is 0 Å². The molecule has 0 saturated heterocycles. The van der Waals surface area contributed by atoms with Crippen LogP contribution in [-0.4, -0.2) is 0 Å². The zero-order valence-corrected chi connectivity index (χ0v) is 5.95. The van der Waals surface area contributed by atoms with E-state index >= 15 is 0 Å². The predicted molar refractivity (Wildman–Crippen MR) is 41.5 cm³/mol. The summed E-state index contributed by atoms with van der Waals surface area (Å²) in [5.74, 6) is 2.61. The van der Waals surface area contributed by atoms with Crippen molar-refractivity contribution in [1.29, 1.82) is 0 Å². The van der Waals surface area contributed by atoms with Crippen molar-refractivity contribution in [2.45, 2.75) is 12.8 Å². The molecule has 1 aromatic heterocycles. The quantitative estimate of drug-likeness (QED) is 0.547. The summed E-state index contributed by atoms with van der Waals surface area (Å²) >= 11 is 1.77. The Morgan fingerprint density at radius 3 is 3.11 bits per heavy atom. The van der Waals surface area contributed by atoms with Crippen LogP contribution in [0.1, 0.15) is 11.3 Å². The largest absolute Gasteiger partial charge is 0.149 e. The van der Waals surface area contributed by atoms with Gasteiger partial charge in [0.1, 0.15) is 0 Å². The lowest BCUT2D eigenvalue weighted by Crippen LogP contribution is -1.73. The summed E-state index contributed by atoms with van der Waals surface area (Å²) in [5.41, 5.74) is 0. The molecule has 0 bridgehead atoms. The molecule has 9 heavy (non-hydrogen) atoms. The first kappa shape index (κ1) is 6.38. The van der Waals surface area contributed by atoms with Gasteiger partial charge in [-0.15, -0.1) is 23.7 Å². The molecule has 1 rings (SSSR count). The highest BCUT2D eigenvalue weighted by atomic mass is 32.1. The minimum atomic E-state index is 0.862. The molecule has 0 atom stereocenters. The zero-order chi connectivity index (χ0) is 6.53. The van der Waals surface area contributed by atoms with E-state index in [-0.39, 0.29) is 0 Å². The van der Waals surface area contributed by atoms with E-state index in [4.69, 9.17) is 6.42 Å². The Morgan fingerprint density at radius 1 is 1.67 bits per heavy atom. The van der Waals surface area contributed by atoms with Gasteiger partial charge in [0.05, 0.1) is 0 Å². The standard InChI is InChI=1S/C8H8S/c1-2-3-5-8-6-4-7-9-8/h1,4,6-7H,3,5H2. The third-order valence-corrected chi connectivity index (χ3v) is 2.03. The Morgan fingerprint density at radius 2 is 2.56 bits per heavy atom. The number of rotatable bonds is 2. The molecule has 0 aliphatic heterocycles. The van der Waals surface area contributed by atoms with Crippen molar-refractivity contribution >= 4 is 11.3 Å². The van der Waals surface area contributed by atoms with Crippen molar-refractivity contribution in [2.75, 3.05) is 0 Å². The zero-order valence-electron chi connectivity index (χ0n) is 5.13. The van der Waals surface area contributed by atoms with Gasteiger partial charge in [-0.2, -0.15) is 0 Å². The van der Waals surface area contributed by atoms with Crippen molar-refractivity contribution in [3.63, 3.8) is 0 Å². The van der Waals surface area contributed by atoms with E-state index in [2.05, 4.69) is 23.4 Å². The molecule has 0 nitrogen and oxygen atoms in total. The fourth-order valence-corrected chi connectivity index (χ4v) is 1.36. The number of terminal acetylenes is 1. The van der Waals surface area contributed by atoms with Gasteiger partial charge < -0.3 is 0 Å². The molecule has 0 fully saturated rings. The normalized spacial score (nSPS) is 8.78. The van der Waals surface area contributed by atoms with Gasteiger partial charge >= 0.3 is 0 Å². The summed E-state index contributed by atoms with van der Waals surface area (Å²) in [6, 6.07) is 4.17. The Labute approximate surface area is 59.5 Å². The van der Waals surface area contributed by atoms with Gasteiger partial charge in [-0.3, -0.25) is 0 Å². The summed E-state index contributed by atoms with van der Waals surface area (Å²) in [6.07, 6.45) is 7.00. The van der Waals surface area contributed by atoms with Crippen LogP contribution in [-0.2, 0) is 6.42 Å². The van der Waals surface area contributed by atoms with E-state index < -0.39 is 0 Å². The number of aryl methyl sites for hydroxylation is 1. The molecule has 0 radical (unpaired) electrons. The second-order valence-corrected chi connectivity index (χ2v) is 2.82. The second-order valence-electron chi connectivity index (χ2n) is 1.78. The maximum absolute atomic E-state index is 5.10. The lowest BCUT2D eigenvalue weighted by molar-refractivity contribution is 1.06. The van der Waals surface area contributed by atoms with Crippen LogP contribution >= 0.6 is 11.3 Å². The minimum Gasteiger partial charge on any atom is -0.149 e. The molecule has 0 unspecified atom stereocenters. The number of hydrogen-bond acceptors (Lipinski definition) is 1. The van der Waals surface area contributed by atoms with Gasteiger partial charge in [0, 0.05) is 11.3 Å². The summed E-state index contributed by atoms with van der Waals surface area (Å²) in [7, 11) is 0. The molecule has 1 heterocycles. The van der Waals surface area contributed by atoms with Crippen LogP contribution in [0, 0.1) is 12.3 Å². The van der Waals surface area contributed by atoms with Gasteiger partial charge in [0.15, 0.2) is 0 Å². The van der Waals surface area contributed by atoms with Crippen LogP contribution in [0.5, 0.6) is 0 Å². The van der Waals surface area contributed by atoms with Crippen molar-refractivity contribution in [3.05, 3.63) is 22.4 Å². The Kier molecular flexibility index (Phi) is 2.35. The maximum Gasteiger partial charge on any atom is 0.0134 e. The van der Waals surface area contributed by atoms with Gasteiger partial charge in [-0.1, -0.05) is 6.07 Å². The fraction of sp³-hybridized carbons (Fsp3) is 0.250. The number of hydrogen-bond donors (Lipinski definition) is 0. The molecule has 0 N–H and O–H groups in total. The van der Waals surface area contributed by atoms with Crippen molar-refractivity contribution in [2.24, 2.45) is 0 Å². The summed E-state index contributed by atoms with van der Waals surface area (Å²) in [5, 5.41) is 2.08. The lowest BCUT2D eigenvalue weighted by atomic mass is 10.3. The van der Waals surface area contributed by atoms with Crippen molar-refractivity contribution in [3.8, 4) is 12.3 Å². The molecule has 46 valence electrons. The fourth-order valence-electron chi connectivity index (χ4n) is 0.650. The smallest absolute Gasteiger partial charge is 0.0134 e. The van der Waals surface area contributed by atoms with Crippen molar-refractivity contribution in [1.82, 2.24) is 0 Å². The number of thiophene rings is 1. The van der Waals surface area contributed by atoms with Crippen LogP contribution in [0.2, 0.25) is 0 Å². The summed E-state index contributed by atoms with van der Waals surface area (Å²) in [6.45, 7) is 0. The van der Waals surface area contributed by atoms with Crippen LogP contribution in [0.4, 0.5) is 0 Å². The third kappa shape index (κ3) is 1.91. The monoisotopic (exact) mass is 136 g/mol. The first-order valence-electron chi connectivity index (χ1n) is 2.89. The molecule has 0 saturated carbocycles. The average Bonchev–Trinajstić information content (AvgIpc) is 2.34. The molecular formula is C8H8S. The van der Waals surface area contributed by atoms with Gasteiger partial charge in [0.2, 0.25) is 0 Å². The Bertz CT molecular complexity index is 191. The van der Waals surface area contributed by atoms with Crippen LogP contribution < -0.4 is 0 Å². The van der Waals surface area contributed by atoms with E-state index in [0.717, 1.165) is 12.8 Å². The predicted octanol–water partition coefficient (Wildman–Crippen LogP) is 2.31. The highest BCUT2D eigenvalue weighted by Gasteiger charge is 1.88. The molecule has 1 aromatic rings. The molecule has 0 aliphatic carbocycles. The van der Waals surface area contributed by atoms with Crippen LogP contribution in [0.3, 0.4) is 0 Å². The summed E-state index contributed by atoms with van der Waals surface area (Å²) < 4.78 is 0. The average molecular weight is 136 g/mol. The van der Waals surface area contributed by atoms with Gasteiger partial charge in [-0.25, -0.2) is 0 Å². The molecule has 0 aromatic carbocycles. The Balaban J connectivity index is 2.41. The van der Waals surface area contributed by atoms with E-state index in [9.17, 15) is 0 Å². The molecule has 0 aliphatic rings. The molecule has 0 spiro atoms. The van der Waals surface area contributed by atoms with E-state index in [1.165, 1.54) is 4.88 Å². The SMILES string of the molecule is C#CCCc1cccs1. The minimum absolute atomic E-state index is 0.862. The summed E-state index contributed by atoms with van der Waals surface area (Å²) in [4.78, 5) is 1.38. The van der Waals surface area contributed by atoms with E-state index in [0.29, 0.717) is 0 Å². The first-order chi connectivity index (χ1) is 4.43. The lowest BCUT2D eigenvalue weighted by Gasteiger charge is -1.85. The van der Waals surface area contributed by atoms with Gasteiger partial charge in [-0.05, 0) is 17.9 Å². The maximum atomic E-state index is 5.10. The molecule has 1 heteroatoms. The first-order valence-corrected chi connectivity index (χ1v) is 3.77. The second kappa shape index (κ2) is 3.32.